The first kappa shape index (κ1) is 29.9. The number of ether oxygens (including phenoxy) is 1. The van der Waals surface area contributed by atoms with Gasteiger partial charge in [-0.3, -0.25) is 19.3 Å². The molecule has 0 bridgehead atoms. The van der Waals surface area contributed by atoms with Crippen molar-refractivity contribution < 1.29 is 23.9 Å². The molecule has 216 valence electrons. The van der Waals surface area contributed by atoms with Crippen LogP contribution in [0.4, 0.5) is 5.69 Å². The fraction of sp³-hybridized carbons (Fsp3) is 0.258. The zero-order valence-electron chi connectivity index (χ0n) is 22.6. The third-order valence-electron chi connectivity index (χ3n) is 7.07. The molecular formula is C31H28ClN3O5S2. The minimum absolute atomic E-state index is 0.0486. The zero-order chi connectivity index (χ0) is 29.6. The number of Topliss-reactive ketones (excluding diaryl/α,β-unsaturated/α-hetero) is 1. The molecule has 11 heteroatoms. The van der Waals surface area contributed by atoms with E-state index in [4.69, 9.17) is 28.6 Å². The van der Waals surface area contributed by atoms with E-state index in [0.29, 0.717) is 20.6 Å². The number of benzene rings is 3. The average molecular weight is 622 g/mol. The van der Waals surface area contributed by atoms with Crippen molar-refractivity contribution in [3.05, 3.63) is 101 Å². The number of rotatable bonds is 8. The van der Waals surface area contributed by atoms with Gasteiger partial charge < -0.3 is 9.64 Å². The number of amides is 2. The van der Waals surface area contributed by atoms with Gasteiger partial charge in [0.1, 0.15) is 9.57 Å². The van der Waals surface area contributed by atoms with E-state index < -0.39 is 17.8 Å². The van der Waals surface area contributed by atoms with E-state index in [0.717, 1.165) is 37.6 Å². The van der Waals surface area contributed by atoms with Crippen molar-refractivity contribution >= 4 is 69.2 Å². The summed E-state index contributed by atoms with van der Waals surface area (Å²) in [5.41, 5.74) is 2.16. The zero-order valence-corrected chi connectivity index (χ0v) is 25.0. The van der Waals surface area contributed by atoms with Gasteiger partial charge in [0, 0.05) is 49.7 Å². The van der Waals surface area contributed by atoms with Gasteiger partial charge in [0.15, 0.2) is 12.4 Å². The minimum Gasteiger partial charge on any atom is -0.454 e. The highest BCUT2D eigenvalue weighted by molar-refractivity contribution is 8.23. The second kappa shape index (κ2) is 13.6. The van der Waals surface area contributed by atoms with Crippen molar-refractivity contribution in [2.75, 3.05) is 37.7 Å². The lowest BCUT2D eigenvalue weighted by molar-refractivity contribution is -0.121. The predicted octanol–water partition coefficient (Wildman–Crippen LogP) is 4.85. The maximum Gasteiger partial charge on any atom is 0.338 e. The summed E-state index contributed by atoms with van der Waals surface area (Å²) in [5.74, 6) is -1.74. The first-order chi connectivity index (χ1) is 20.3. The van der Waals surface area contributed by atoms with Crippen LogP contribution >= 0.6 is 35.6 Å². The summed E-state index contributed by atoms with van der Waals surface area (Å²) in [4.78, 5) is 56.4. The van der Waals surface area contributed by atoms with Crippen molar-refractivity contribution in [2.24, 2.45) is 0 Å². The van der Waals surface area contributed by atoms with Crippen LogP contribution in [0, 0.1) is 0 Å². The molecule has 0 aromatic heterocycles. The number of hydrogen-bond donors (Lipinski definition) is 0. The smallest absolute Gasteiger partial charge is 0.338 e. The molecule has 3 aromatic carbocycles. The number of nitrogens with zero attached hydrogens (tertiary/aromatic N) is 3. The van der Waals surface area contributed by atoms with E-state index in [1.54, 1.807) is 18.2 Å². The van der Waals surface area contributed by atoms with Gasteiger partial charge in [-0.05, 0) is 42.0 Å². The summed E-state index contributed by atoms with van der Waals surface area (Å²) in [7, 11) is 0. The van der Waals surface area contributed by atoms with Crippen molar-refractivity contribution in [1.29, 1.82) is 0 Å². The Morgan fingerprint density at radius 3 is 2.31 bits per heavy atom. The number of piperazine rings is 1. The largest absolute Gasteiger partial charge is 0.454 e. The average Bonchev–Trinajstić information content (AvgIpc) is 3.28. The van der Waals surface area contributed by atoms with Crippen molar-refractivity contribution in [3.63, 3.8) is 0 Å². The van der Waals surface area contributed by atoms with Crippen LogP contribution in [0.3, 0.4) is 0 Å². The molecule has 2 heterocycles. The number of hydrogen-bond acceptors (Lipinski definition) is 8. The fourth-order valence-electron chi connectivity index (χ4n) is 4.80. The Morgan fingerprint density at radius 2 is 1.62 bits per heavy atom. The summed E-state index contributed by atoms with van der Waals surface area (Å²) < 4.78 is 5.76. The SMILES string of the molecule is O=C(COC(=O)c1ccc(N2C(=O)C[C@@H](SC(=S)N3CCN(Cc4ccccc4)CC3)C2=O)cc1)c1cccc(Cl)c1. The predicted molar refractivity (Wildman–Crippen MR) is 167 cm³/mol. The molecule has 2 amide bonds. The van der Waals surface area contributed by atoms with Crippen LogP contribution in [0.2, 0.25) is 5.02 Å². The van der Waals surface area contributed by atoms with Crippen molar-refractivity contribution in [1.82, 2.24) is 9.80 Å². The monoisotopic (exact) mass is 621 g/mol. The molecule has 0 N–H and O–H groups in total. The Labute approximate surface area is 258 Å². The molecule has 2 saturated heterocycles. The van der Waals surface area contributed by atoms with Crippen LogP contribution in [0.25, 0.3) is 0 Å². The van der Waals surface area contributed by atoms with Gasteiger partial charge in [0.2, 0.25) is 11.8 Å². The lowest BCUT2D eigenvalue weighted by Crippen LogP contribution is -2.47. The van der Waals surface area contributed by atoms with Gasteiger partial charge >= 0.3 is 5.97 Å². The first-order valence-corrected chi connectivity index (χ1v) is 15.1. The number of esters is 1. The quantitative estimate of drug-likeness (QED) is 0.152. The van der Waals surface area contributed by atoms with E-state index in [1.807, 2.05) is 18.2 Å². The summed E-state index contributed by atoms with van der Waals surface area (Å²) in [5, 5.41) is -0.192. The Kier molecular flexibility index (Phi) is 9.69. The summed E-state index contributed by atoms with van der Waals surface area (Å²) in [6.07, 6.45) is 0.0486. The first-order valence-electron chi connectivity index (χ1n) is 13.4. The molecule has 8 nitrogen and oxygen atoms in total. The number of carbonyl (C=O) groups is 4. The lowest BCUT2D eigenvalue weighted by atomic mass is 10.1. The fourth-order valence-corrected chi connectivity index (χ4v) is 6.53. The maximum atomic E-state index is 13.2. The van der Waals surface area contributed by atoms with Crippen LogP contribution in [0.1, 0.15) is 32.7 Å². The summed E-state index contributed by atoms with van der Waals surface area (Å²) in [6, 6.07) is 22.7. The number of imide groups is 1. The molecule has 2 fully saturated rings. The Bertz CT molecular complexity index is 1490. The van der Waals surface area contributed by atoms with Gasteiger partial charge in [-0.25, -0.2) is 9.69 Å². The molecule has 0 spiro atoms. The van der Waals surface area contributed by atoms with Crippen LogP contribution in [-0.2, 0) is 20.9 Å². The molecule has 0 aliphatic carbocycles. The molecule has 42 heavy (non-hydrogen) atoms. The lowest BCUT2D eigenvalue weighted by Gasteiger charge is -2.36. The standard InChI is InChI=1S/C31H28ClN3O5S2/c32-24-8-4-7-23(17-24)26(36)20-40-30(39)22-9-11-25(12-10-22)35-28(37)18-27(29(35)38)42-31(41)34-15-13-33(14-16-34)19-21-5-2-1-3-6-21/h1-12,17,27H,13-16,18-20H2/t27-/m1/s1. The molecular weight excluding hydrogens is 594 g/mol. The van der Waals surface area contributed by atoms with Crippen LogP contribution in [-0.4, -0.2) is 75.7 Å². The van der Waals surface area contributed by atoms with Crippen LogP contribution < -0.4 is 4.90 Å². The topological polar surface area (TPSA) is 87.2 Å². The second-order valence-electron chi connectivity index (χ2n) is 9.95. The second-order valence-corrected chi connectivity index (χ2v) is 12.2. The summed E-state index contributed by atoms with van der Waals surface area (Å²) >= 11 is 12.8. The number of anilines is 1. The highest BCUT2D eigenvalue weighted by Crippen LogP contribution is 2.31. The number of thiocarbonyl (C=S) groups is 1. The van der Waals surface area contributed by atoms with Gasteiger partial charge in [-0.15, -0.1) is 0 Å². The van der Waals surface area contributed by atoms with E-state index in [1.165, 1.54) is 47.7 Å². The molecule has 0 unspecified atom stereocenters. The van der Waals surface area contributed by atoms with E-state index >= 15 is 0 Å². The van der Waals surface area contributed by atoms with Gasteiger partial charge in [0.25, 0.3) is 0 Å². The highest BCUT2D eigenvalue weighted by atomic mass is 35.5. The molecule has 1 atom stereocenters. The van der Waals surface area contributed by atoms with E-state index in [2.05, 4.69) is 21.9 Å². The number of halogens is 1. The molecule has 2 aliphatic rings. The maximum absolute atomic E-state index is 13.2. The van der Waals surface area contributed by atoms with Crippen LogP contribution in [0.5, 0.6) is 0 Å². The highest BCUT2D eigenvalue weighted by Gasteiger charge is 2.41. The number of thioether (sulfide) groups is 1. The molecule has 2 aliphatic heterocycles. The molecule has 0 saturated carbocycles. The van der Waals surface area contributed by atoms with Gasteiger partial charge in [-0.2, -0.15) is 0 Å². The van der Waals surface area contributed by atoms with Crippen molar-refractivity contribution in [3.8, 4) is 0 Å². The normalized spacial score (nSPS) is 17.4. The number of ketones is 1. The van der Waals surface area contributed by atoms with Gasteiger partial charge in [0.05, 0.1) is 11.3 Å². The molecule has 3 aromatic rings. The van der Waals surface area contributed by atoms with E-state index in [-0.39, 0.29) is 29.6 Å². The Hall–Kier alpha value is -3.57. The third kappa shape index (κ3) is 7.25. The molecule has 5 rings (SSSR count). The van der Waals surface area contributed by atoms with Gasteiger partial charge in [-0.1, -0.05) is 78.0 Å². The Balaban J connectivity index is 1.11. The Morgan fingerprint density at radius 1 is 0.905 bits per heavy atom. The third-order valence-corrected chi connectivity index (χ3v) is 8.96. The van der Waals surface area contributed by atoms with E-state index in [9.17, 15) is 19.2 Å². The summed E-state index contributed by atoms with van der Waals surface area (Å²) in [6.45, 7) is 3.70. The van der Waals surface area contributed by atoms with Crippen LogP contribution in [0.15, 0.2) is 78.9 Å². The molecule has 0 radical (unpaired) electrons. The minimum atomic E-state index is -0.696. The van der Waals surface area contributed by atoms with Crippen molar-refractivity contribution in [2.45, 2.75) is 18.2 Å². The number of carbonyl (C=O) groups excluding carboxylic acids is 4.